The number of aromatic nitrogens is 1. The first kappa shape index (κ1) is 25.7. The van der Waals surface area contributed by atoms with Crippen molar-refractivity contribution in [3.63, 3.8) is 0 Å². The Balaban J connectivity index is 2.57. The highest BCUT2D eigenvalue weighted by Gasteiger charge is 2.36. The van der Waals surface area contributed by atoms with Gasteiger partial charge in [0.05, 0.1) is 24.7 Å². The van der Waals surface area contributed by atoms with E-state index in [1.54, 1.807) is 18.4 Å². The van der Waals surface area contributed by atoms with E-state index in [1.807, 2.05) is 6.92 Å². The largest absolute Gasteiger partial charge is 0.464 e. The monoisotopic (exact) mass is 468 g/mol. The van der Waals surface area contributed by atoms with Crippen molar-refractivity contribution in [1.82, 2.24) is 8.87 Å². The van der Waals surface area contributed by atoms with Crippen molar-refractivity contribution in [2.75, 3.05) is 27.4 Å². The summed E-state index contributed by atoms with van der Waals surface area (Å²) in [7, 11) is -1.45. The third-order valence-electron chi connectivity index (χ3n) is 5.46. The van der Waals surface area contributed by atoms with Crippen LogP contribution in [0.25, 0.3) is 0 Å². The summed E-state index contributed by atoms with van der Waals surface area (Å²) in [6.45, 7) is 7.06. The molecule has 1 aromatic heterocycles. The molecule has 0 saturated carbocycles. The molecule has 0 aliphatic carbocycles. The number of carbonyl (C=O) groups excluding carboxylic acids is 2. The first-order valence-corrected chi connectivity index (χ1v) is 11.5. The van der Waals surface area contributed by atoms with Gasteiger partial charge in [-0.1, -0.05) is 0 Å². The number of sulfonamides is 1. The number of nitrogens with zero attached hydrogens (tertiary/aromatic N) is 2. The normalized spacial score (nSPS) is 12.8. The summed E-state index contributed by atoms with van der Waals surface area (Å²) in [4.78, 5) is 25.7. The van der Waals surface area contributed by atoms with Crippen molar-refractivity contribution >= 4 is 21.8 Å². The molecule has 1 atom stereocenters. The zero-order valence-electron chi connectivity index (χ0n) is 19.1. The highest BCUT2D eigenvalue weighted by molar-refractivity contribution is 7.89. The van der Waals surface area contributed by atoms with Gasteiger partial charge in [0.1, 0.15) is 11.5 Å². The quantitative estimate of drug-likeness (QED) is 0.393. The van der Waals surface area contributed by atoms with Crippen LogP contribution in [0.1, 0.15) is 46.0 Å². The van der Waals surface area contributed by atoms with Gasteiger partial charge < -0.3 is 14.0 Å². The maximum absolute atomic E-state index is 13.5. The van der Waals surface area contributed by atoms with Crippen LogP contribution in [0.15, 0.2) is 29.2 Å². The van der Waals surface area contributed by atoms with Crippen molar-refractivity contribution in [2.24, 2.45) is 0 Å². The molecule has 10 heteroatoms. The molecular formula is C22H29FN2O6S. The summed E-state index contributed by atoms with van der Waals surface area (Å²) in [5, 5.41) is 0. The third-order valence-corrected chi connectivity index (χ3v) is 7.44. The van der Waals surface area contributed by atoms with Gasteiger partial charge in [-0.05, 0) is 57.5 Å². The lowest BCUT2D eigenvalue weighted by Gasteiger charge is -2.27. The number of methoxy groups -OCH3 is 2. The number of rotatable bonds is 10. The predicted octanol–water partition coefficient (Wildman–Crippen LogP) is 2.96. The number of carbonyl (C=O) groups is 2. The van der Waals surface area contributed by atoms with E-state index in [2.05, 4.69) is 0 Å². The van der Waals surface area contributed by atoms with Crippen molar-refractivity contribution in [1.29, 1.82) is 0 Å². The number of halogens is 1. The molecule has 176 valence electrons. The van der Waals surface area contributed by atoms with Crippen molar-refractivity contribution in [3.8, 4) is 0 Å². The highest BCUT2D eigenvalue weighted by atomic mass is 32.2. The van der Waals surface area contributed by atoms with Gasteiger partial charge in [-0.2, -0.15) is 4.31 Å². The Hall–Kier alpha value is -2.56. The number of hydrogen-bond donors (Lipinski definition) is 0. The SMILES string of the molecule is CCn1c(C)c(C(=O)[C@H](C)N(CCOC)S(=O)(=O)c2ccc(F)cc2)c(C)c1C(=O)OC. The Bertz CT molecular complexity index is 1090. The Morgan fingerprint density at radius 3 is 2.25 bits per heavy atom. The van der Waals surface area contributed by atoms with E-state index >= 15 is 0 Å². The minimum atomic E-state index is -4.13. The van der Waals surface area contributed by atoms with Crippen LogP contribution in [-0.2, 0) is 26.0 Å². The number of ether oxygens (including phenoxy) is 2. The number of Topliss-reactive ketones (excluding diaryl/α,β-unsaturated/α-hetero) is 1. The van der Waals surface area contributed by atoms with Crippen molar-refractivity contribution in [2.45, 2.75) is 45.2 Å². The van der Waals surface area contributed by atoms with E-state index in [0.717, 1.165) is 28.6 Å². The second-order valence-corrected chi connectivity index (χ2v) is 9.16. The van der Waals surface area contributed by atoms with Gasteiger partial charge in [-0.15, -0.1) is 0 Å². The molecule has 2 aromatic rings. The Morgan fingerprint density at radius 1 is 1.16 bits per heavy atom. The number of ketones is 1. The molecule has 2 rings (SSSR count). The summed E-state index contributed by atoms with van der Waals surface area (Å²) in [6.07, 6.45) is 0. The fraction of sp³-hybridized carbons (Fsp3) is 0.455. The van der Waals surface area contributed by atoms with E-state index < -0.39 is 33.6 Å². The van der Waals surface area contributed by atoms with E-state index in [9.17, 15) is 22.4 Å². The van der Waals surface area contributed by atoms with Gasteiger partial charge in [-0.25, -0.2) is 17.6 Å². The molecule has 0 bridgehead atoms. The summed E-state index contributed by atoms with van der Waals surface area (Å²) in [5.74, 6) is -1.60. The number of benzene rings is 1. The van der Waals surface area contributed by atoms with Gasteiger partial charge in [0.15, 0.2) is 5.78 Å². The molecule has 0 radical (unpaired) electrons. The lowest BCUT2D eigenvalue weighted by Crippen LogP contribution is -2.45. The second kappa shape index (κ2) is 10.4. The molecular weight excluding hydrogens is 439 g/mol. The average Bonchev–Trinajstić information content (AvgIpc) is 3.02. The van der Waals surface area contributed by atoms with Gasteiger partial charge in [0.2, 0.25) is 10.0 Å². The predicted molar refractivity (Wildman–Crippen MR) is 117 cm³/mol. The van der Waals surface area contributed by atoms with Gasteiger partial charge >= 0.3 is 5.97 Å². The van der Waals surface area contributed by atoms with E-state index in [4.69, 9.17) is 9.47 Å². The summed E-state index contributed by atoms with van der Waals surface area (Å²) < 4.78 is 52.5. The minimum Gasteiger partial charge on any atom is -0.464 e. The fourth-order valence-corrected chi connectivity index (χ4v) is 5.38. The Morgan fingerprint density at radius 2 is 1.75 bits per heavy atom. The lowest BCUT2D eigenvalue weighted by molar-refractivity contribution is 0.0587. The number of hydrogen-bond acceptors (Lipinski definition) is 6. The average molecular weight is 469 g/mol. The van der Waals surface area contributed by atoms with E-state index in [0.29, 0.717) is 17.8 Å². The van der Waals surface area contributed by atoms with Crippen LogP contribution in [0.2, 0.25) is 0 Å². The molecule has 0 N–H and O–H groups in total. The van der Waals surface area contributed by atoms with Gasteiger partial charge in [-0.3, -0.25) is 4.79 Å². The van der Waals surface area contributed by atoms with Crippen LogP contribution in [-0.4, -0.2) is 62.5 Å². The zero-order valence-corrected chi connectivity index (χ0v) is 20.0. The topological polar surface area (TPSA) is 94.9 Å². The lowest BCUT2D eigenvalue weighted by atomic mass is 10.0. The van der Waals surface area contributed by atoms with Crippen LogP contribution in [0.5, 0.6) is 0 Å². The van der Waals surface area contributed by atoms with Crippen LogP contribution >= 0.6 is 0 Å². The summed E-state index contributed by atoms with van der Waals surface area (Å²) in [6, 6.07) is 3.30. The second-order valence-electron chi connectivity index (χ2n) is 7.27. The maximum atomic E-state index is 13.5. The molecule has 0 fully saturated rings. The third kappa shape index (κ3) is 4.77. The first-order chi connectivity index (χ1) is 15.0. The maximum Gasteiger partial charge on any atom is 0.354 e. The molecule has 0 saturated heterocycles. The minimum absolute atomic E-state index is 0.0550. The molecule has 0 aliphatic rings. The van der Waals surface area contributed by atoms with Gasteiger partial charge in [0, 0.05) is 31.5 Å². The highest BCUT2D eigenvalue weighted by Crippen LogP contribution is 2.27. The fourth-order valence-electron chi connectivity index (χ4n) is 3.80. The molecule has 32 heavy (non-hydrogen) atoms. The molecule has 8 nitrogen and oxygen atoms in total. The summed E-state index contributed by atoms with van der Waals surface area (Å²) >= 11 is 0. The van der Waals surface area contributed by atoms with Crippen LogP contribution in [0.3, 0.4) is 0 Å². The standard InChI is InChI=1S/C22H29FN2O6S/c1-7-24-15(3)19(14(2)20(24)22(27)31-6)21(26)16(4)25(12-13-30-5)32(28,29)18-10-8-17(23)9-11-18/h8-11,16H,7,12-13H2,1-6H3/t16-/m0/s1. The van der Waals surface area contributed by atoms with Gasteiger partial charge in [0.25, 0.3) is 0 Å². The van der Waals surface area contributed by atoms with Crippen LogP contribution < -0.4 is 0 Å². The number of esters is 1. The molecule has 1 heterocycles. The molecule has 0 aliphatic heterocycles. The van der Waals surface area contributed by atoms with Crippen molar-refractivity contribution in [3.05, 3.63) is 52.6 Å². The molecule has 0 amide bonds. The van der Waals surface area contributed by atoms with E-state index in [1.165, 1.54) is 21.1 Å². The Kier molecular flexibility index (Phi) is 8.33. The zero-order chi connectivity index (χ0) is 24.2. The van der Waals surface area contributed by atoms with Crippen molar-refractivity contribution < 1.29 is 31.9 Å². The molecule has 0 spiro atoms. The van der Waals surface area contributed by atoms with Crippen LogP contribution in [0.4, 0.5) is 4.39 Å². The first-order valence-electron chi connectivity index (χ1n) is 10.1. The Labute approximate surface area is 188 Å². The molecule has 1 aromatic carbocycles. The smallest absolute Gasteiger partial charge is 0.354 e. The van der Waals surface area contributed by atoms with E-state index in [-0.39, 0.29) is 29.3 Å². The summed E-state index contributed by atoms with van der Waals surface area (Å²) in [5.41, 5.74) is 1.51. The molecule has 0 unspecified atom stereocenters. The van der Waals surface area contributed by atoms with Crippen LogP contribution in [0, 0.1) is 19.7 Å².